The van der Waals surface area contributed by atoms with E-state index < -0.39 is 0 Å². The standard InChI is InChI=1S/C22H30N4O2.HI/c1-17-6-7-20(27-2)19(15-17)22(9-13-28-14-10-22)16-26-21(23)25-12-8-18-5-3-4-11-24-18;/h3-7,11,15H,8-10,12-14,16H2,1-2H3,(H3,23,25,26);1H. The zero-order valence-electron chi connectivity index (χ0n) is 17.2. The first kappa shape index (κ1) is 23.4. The van der Waals surface area contributed by atoms with Crippen molar-refractivity contribution in [3.8, 4) is 5.75 Å². The summed E-state index contributed by atoms with van der Waals surface area (Å²) in [5.41, 5.74) is 9.47. The summed E-state index contributed by atoms with van der Waals surface area (Å²) in [6.07, 6.45) is 4.41. The molecule has 0 spiro atoms. The lowest BCUT2D eigenvalue weighted by molar-refractivity contribution is 0.0522. The zero-order valence-corrected chi connectivity index (χ0v) is 19.5. The van der Waals surface area contributed by atoms with Crippen molar-refractivity contribution >= 4 is 29.9 Å². The van der Waals surface area contributed by atoms with Gasteiger partial charge in [-0.25, -0.2) is 0 Å². The fraction of sp³-hybridized carbons (Fsp3) is 0.455. The number of pyridine rings is 1. The van der Waals surface area contributed by atoms with E-state index in [1.54, 1.807) is 13.3 Å². The van der Waals surface area contributed by atoms with E-state index in [0.29, 0.717) is 19.0 Å². The molecule has 0 unspecified atom stereocenters. The maximum Gasteiger partial charge on any atom is 0.188 e. The van der Waals surface area contributed by atoms with E-state index in [9.17, 15) is 0 Å². The SMILES string of the molecule is COc1ccc(C)cc1C1(CN=C(N)NCCc2ccccn2)CCOCC1.I. The lowest BCUT2D eigenvalue weighted by Gasteiger charge is -2.37. The smallest absolute Gasteiger partial charge is 0.188 e. The maximum absolute atomic E-state index is 6.15. The van der Waals surface area contributed by atoms with Crippen LogP contribution in [0.1, 0.15) is 29.7 Å². The lowest BCUT2D eigenvalue weighted by atomic mass is 9.73. The second kappa shape index (κ2) is 11.3. The van der Waals surface area contributed by atoms with Crippen molar-refractivity contribution in [2.75, 3.05) is 33.4 Å². The molecule has 0 amide bonds. The van der Waals surface area contributed by atoms with Crippen LogP contribution in [0, 0.1) is 6.92 Å². The van der Waals surface area contributed by atoms with Crippen LogP contribution < -0.4 is 15.8 Å². The average molecular weight is 510 g/mol. The van der Waals surface area contributed by atoms with Crippen LogP contribution in [0.3, 0.4) is 0 Å². The quantitative estimate of drug-likeness (QED) is 0.340. The molecule has 1 aliphatic heterocycles. The van der Waals surface area contributed by atoms with Gasteiger partial charge in [0.1, 0.15) is 5.75 Å². The molecule has 0 saturated carbocycles. The van der Waals surface area contributed by atoms with Crippen molar-refractivity contribution in [2.45, 2.75) is 31.6 Å². The van der Waals surface area contributed by atoms with Crippen LogP contribution in [-0.2, 0) is 16.6 Å². The van der Waals surface area contributed by atoms with E-state index in [0.717, 1.165) is 43.9 Å². The predicted molar refractivity (Wildman–Crippen MR) is 127 cm³/mol. The molecule has 0 aliphatic carbocycles. The molecule has 2 aromatic rings. The van der Waals surface area contributed by atoms with Gasteiger partial charge in [0.2, 0.25) is 0 Å². The third-order valence-electron chi connectivity index (χ3n) is 5.34. The number of nitrogens with one attached hydrogen (secondary N) is 1. The topological polar surface area (TPSA) is 81.8 Å². The summed E-state index contributed by atoms with van der Waals surface area (Å²) < 4.78 is 11.3. The first-order chi connectivity index (χ1) is 13.6. The van der Waals surface area contributed by atoms with Gasteiger partial charge < -0.3 is 20.5 Å². The lowest BCUT2D eigenvalue weighted by Crippen LogP contribution is -2.40. The molecule has 0 radical (unpaired) electrons. The number of guanidine groups is 1. The first-order valence-corrected chi connectivity index (χ1v) is 9.79. The number of methoxy groups -OCH3 is 1. The van der Waals surface area contributed by atoms with E-state index in [1.165, 1.54) is 11.1 Å². The van der Waals surface area contributed by atoms with Gasteiger partial charge >= 0.3 is 0 Å². The Kier molecular flexibility index (Phi) is 9.16. The molecule has 3 rings (SSSR count). The van der Waals surface area contributed by atoms with E-state index >= 15 is 0 Å². The molecular formula is C22H31IN4O2. The largest absolute Gasteiger partial charge is 0.496 e. The first-order valence-electron chi connectivity index (χ1n) is 9.79. The molecule has 158 valence electrons. The number of aryl methyl sites for hydroxylation is 1. The van der Waals surface area contributed by atoms with Crippen LogP contribution in [0.25, 0.3) is 0 Å². The molecule has 1 aliphatic rings. The Morgan fingerprint density at radius 2 is 2.07 bits per heavy atom. The van der Waals surface area contributed by atoms with Crippen molar-refractivity contribution in [3.05, 3.63) is 59.4 Å². The molecule has 0 bridgehead atoms. The summed E-state index contributed by atoms with van der Waals surface area (Å²) in [5.74, 6) is 1.37. The number of nitrogens with zero attached hydrogens (tertiary/aromatic N) is 2. The molecule has 6 nitrogen and oxygen atoms in total. The molecule has 1 saturated heterocycles. The third-order valence-corrected chi connectivity index (χ3v) is 5.34. The maximum atomic E-state index is 6.15. The van der Waals surface area contributed by atoms with Gasteiger partial charge in [0, 0.05) is 49.0 Å². The van der Waals surface area contributed by atoms with Crippen molar-refractivity contribution in [1.82, 2.24) is 10.3 Å². The fourth-order valence-corrected chi connectivity index (χ4v) is 3.67. The summed E-state index contributed by atoms with van der Waals surface area (Å²) in [6, 6.07) is 12.2. The highest BCUT2D eigenvalue weighted by Crippen LogP contribution is 2.40. The number of nitrogens with two attached hydrogens (primary N) is 1. The molecule has 1 aromatic carbocycles. The van der Waals surface area contributed by atoms with Crippen molar-refractivity contribution in [3.63, 3.8) is 0 Å². The Bertz CT molecular complexity index is 793. The predicted octanol–water partition coefficient (Wildman–Crippen LogP) is 3.21. The van der Waals surface area contributed by atoms with Gasteiger partial charge in [-0.1, -0.05) is 23.8 Å². The van der Waals surface area contributed by atoms with Gasteiger partial charge in [0.15, 0.2) is 5.96 Å². The van der Waals surface area contributed by atoms with Gasteiger partial charge in [0.25, 0.3) is 0 Å². The second-order valence-electron chi connectivity index (χ2n) is 7.30. The summed E-state index contributed by atoms with van der Waals surface area (Å²) in [7, 11) is 1.72. The molecule has 1 fully saturated rings. The molecule has 1 aromatic heterocycles. The van der Waals surface area contributed by atoms with Gasteiger partial charge in [-0.05, 0) is 38.0 Å². The Hall–Kier alpha value is -1.87. The Labute approximate surface area is 190 Å². The van der Waals surface area contributed by atoms with E-state index in [2.05, 4.69) is 34.3 Å². The number of hydrogen-bond acceptors (Lipinski definition) is 4. The summed E-state index contributed by atoms with van der Waals surface area (Å²) in [5, 5.41) is 3.20. The van der Waals surface area contributed by atoms with Gasteiger partial charge in [-0.2, -0.15) is 0 Å². The summed E-state index contributed by atoms with van der Waals surface area (Å²) in [4.78, 5) is 9.01. The number of aromatic nitrogens is 1. The molecule has 29 heavy (non-hydrogen) atoms. The molecule has 3 N–H and O–H groups in total. The van der Waals surface area contributed by atoms with E-state index in [4.69, 9.17) is 15.2 Å². The van der Waals surface area contributed by atoms with Crippen molar-refractivity contribution in [2.24, 2.45) is 10.7 Å². The minimum atomic E-state index is -0.122. The molecule has 0 atom stereocenters. The number of halogens is 1. The highest BCUT2D eigenvalue weighted by molar-refractivity contribution is 14.0. The fourth-order valence-electron chi connectivity index (χ4n) is 3.67. The molecule has 7 heteroatoms. The van der Waals surface area contributed by atoms with Crippen LogP contribution in [-0.4, -0.2) is 44.4 Å². The number of rotatable bonds is 7. The Balaban J connectivity index is 0.00000300. The Morgan fingerprint density at radius 1 is 1.28 bits per heavy atom. The van der Waals surface area contributed by atoms with Crippen molar-refractivity contribution < 1.29 is 9.47 Å². The third kappa shape index (κ3) is 6.30. The molecular weight excluding hydrogens is 479 g/mol. The number of hydrogen-bond donors (Lipinski definition) is 2. The Morgan fingerprint density at radius 3 is 2.76 bits per heavy atom. The zero-order chi connectivity index (χ0) is 19.8. The molecule has 2 heterocycles. The van der Waals surface area contributed by atoms with Crippen LogP contribution in [0.2, 0.25) is 0 Å². The minimum absolute atomic E-state index is 0. The van der Waals surface area contributed by atoms with Gasteiger partial charge in [-0.15, -0.1) is 24.0 Å². The van der Waals surface area contributed by atoms with Gasteiger partial charge in [0.05, 0.1) is 13.7 Å². The van der Waals surface area contributed by atoms with Crippen LogP contribution in [0.4, 0.5) is 0 Å². The van der Waals surface area contributed by atoms with Crippen LogP contribution in [0.5, 0.6) is 5.75 Å². The number of benzene rings is 1. The summed E-state index contributed by atoms with van der Waals surface area (Å²) in [6.45, 7) is 4.86. The normalized spacial score (nSPS) is 16.0. The highest BCUT2D eigenvalue weighted by atomic mass is 127. The summed E-state index contributed by atoms with van der Waals surface area (Å²) >= 11 is 0. The number of ether oxygens (including phenoxy) is 2. The van der Waals surface area contributed by atoms with Crippen LogP contribution >= 0.6 is 24.0 Å². The average Bonchev–Trinajstić information content (AvgIpc) is 2.74. The van der Waals surface area contributed by atoms with Crippen molar-refractivity contribution in [1.29, 1.82) is 0 Å². The number of aliphatic imine (C=N–C) groups is 1. The highest BCUT2D eigenvalue weighted by Gasteiger charge is 2.37. The van der Waals surface area contributed by atoms with Gasteiger partial charge in [-0.3, -0.25) is 9.98 Å². The van der Waals surface area contributed by atoms with E-state index in [1.807, 2.05) is 24.3 Å². The minimum Gasteiger partial charge on any atom is -0.496 e. The van der Waals surface area contributed by atoms with E-state index in [-0.39, 0.29) is 29.4 Å². The monoisotopic (exact) mass is 510 g/mol. The second-order valence-corrected chi connectivity index (χ2v) is 7.30. The van der Waals surface area contributed by atoms with Crippen LogP contribution in [0.15, 0.2) is 47.6 Å².